The van der Waals surface area contributed by atoms with Crippen molar-refractivity contribution >= 4 is 27.4 Å². The zero-order valence-electron chi connectivity index (χ0n) is 15.1. The Bertz CT molecular complexity index is 998. The van der Waals surface area contributed by atoms with E-state index in [0.717, 1.165) is 21.3 Å². The minimum atomic E-state index is 0.506. The Labute approximate surface area is 155 Å². The summed E-state index contributed by atoms with van der Waals surface area (Å²) in [6, 6.07) is 5.81. The first kappa shape index (κ1) is 17.8. The highest BCUT2D eigenvalue weighted by Crippen LogP contribution is 2.42. The molecule has 0 aliphatic carbocycles. The highest BCUT2D eigenvalue weighted by atomic mass is 32.1. The van der Waals surface area contributed by atoms with Crippen molar-refractivity contribution in [1.82, 2.24) is 9.97 Å². The summed E-state index contributed by atoms with van der Waals surface area (Å²) in [7, 11) is 6.47. The van der Waals surface area contributed by atoms with E-state index in [0.29, 0.717) is 33.8 Å². The van der Waals surface area contributed by atoms with Crippen LogP contribution in [-0.4, -0.2) is 38.3 Å². The van der Waals surface area contributed by atoms with Gasteiger partial charge in [0.2, 0.25) is 5.75 Å². The van der Waals surface area contributed by atoms with Crippen LogP contribution in [0, 0.1) is 18.3 Å². The maximum Gasteiger partial charge on any atom is 0.203 e. The number of thiophene rings is 1. The molecule has 0 aliphatic heterocycles. The average molecular weight is 370 g/mol. The molecule has 0 atom stereocenters. The summed E-state index contributed by atoms with van der Waals surface area (Å²) in [5.74, 6) is 2.74. The monoisotopic (exact) mass is 370 g/mol. The van der Waals surface area contributed by atoms with Crippen LogP contribution in [0.3, 0.4) is 0 Å². The maximum atomic E-state index is 9.31. The molecule has 1 aromatic carbocycles. The fourth-order valence-electron chi connectivity index (χ4n) is 2.77. The quantitative estimate of drug-likeness (QED) is 0.734. The molecule has 7 nitrogen and oxygen atoms in total. The summed E-state index contributed by atoms with van der Waals surface area (Å²) in [6.45, 7) is 1.90. The van der Waals surface area contributed by atoms with Gasteiger partial charge < -0.3 is 19.5 Å². The van der Waals surface area contributed by atoms with Crippen molar-refractivity contribution in [2.24, 2.45) is 0 Å². The van der Waals surface area contributed by atoms with Gasteiger partial charge in [-0.2, -0.15) is 5.26 Å². The van der Waals surface area contributed by atoms with Gasteiger partial charge in [0.05, 0.1) is 26.7 Å². The van der Waals surface area contributed by atoms with Crippen LogP contribution in [0.1, 0.15) is 10.4 Å². The third kappa shape index (κ3) is 2.76. The van der Waals surface area contributed by atoms with Crippen molar-refractivity contribution in [3.63, 3.8) is 0 Å². The number of fused-ring (bicyclic) bond motifs is 1. The molecular formula is C18H18N4O3S. The zero-order valence-corrected chi connectivity index (χ0v) is 15.9. The second-order valence-corrected chi connectivity index (χ2v) is 6.41. The van der Waals surface area contributed by atoms with Gasteiger partial charge in [-0.1, -0.05) is 0 Å². The summed E-state index contributed by atoms with van der Waals surface area (Å²) >= 11 is 1.35. The molecule has 0 fully saturated rings. The summed E-state index contributed by atoms with van der Waals surface area (Å²) in [5.41, 5.74) is 1.61. The van der Waals surface area contributed by atoms with Crippen molar-refractivity contribution in [2.75, 3.05) is 33.7 Å². The molecule has 26 heavy (non-hydrogen) atoms. The molecule has 8 heteroatoms. The molecule has 0 saturated heterocycles. The summed E-state index contributed by atoms with van der Waals surface area (Å²) in [5, 5.41) is 13.3. The highest BCUT2D eigenvalue weighted by Gasteiger charge is 2.19. The molecule has 0 aliphatic rings. The maximum absolute atomic E-state index is 9.31. The van der Waals surface area contributed by atoms with Gasteiger partial charge in [-0.05, 0) is 24.6 Å². The summed E-state index contributed by atoms with van der Waals surface area (Å²) < 4.78 is 16.2. The van der Waals surface area contributed by atoms with Crippen LogP contribution < -0.4 is 19.5 Å². The Hall–Kier alpha value is -3.05. The van der Waals surface area contributed by atoms with E-state index in [1.165, 1.54) is 11.3 Å². The predicted molar refractivity (Wildman–Crippen MR) is 102 cm³/mol. The smallest absolute Gasteiger partial charge is 0.203 e. The lowest BCUT2D eigenvalue weighted by atomic mass is 10.1. The number of benzene rings is 1. The number of rotatable bonds is 5. The van der Waals surface area contributed by atoms with Gasteiger partial charge in [0, 0.05) is 12.6 Å². The number of hydrogen-bond acceptors (Lipinski definition) is 8. The average Bonchev–Trinajstić information content (AvgIpc) is 3.01. The predicted octanol–water partition coefficient (Wildman–Crippen LogP) is 3.61. The molecule has 0 saturated carbocycles. The van der Waals surface area contributed by atoms with Crippen molar-refractivity contribution in [1.29, 1.82) is 5.26 Å². The lowest BCUT2D eigenvalue weighted by molar-refractivity contribution is 0.324. The molecule has 134 valence electrons. The minimum Gasteiger partial charge on any atom is -0.493 e. The van der Waals surface area contributed by atoms with Gasteiger partial charge in [0.1, 0.15) is 21.6 Å². The Balaban J connectivity index is 2.27. The molecular weight excluding hydrogens is 352 g/mol. The number of ether oxygens (including phenoxy) is 3. The third-order valence-corrected chi connectivity index (χ3v) is 5.14. The van der Waals surface area contributed by atoms with E-state index in [4.69, 9.17) is 14.2 Å². The first-order valence-electron chi connectivity index (χ1n) is 7.77. The number of nitriles is 1. The molecule has 2 heterocycles. The molecule has 0 spiro atoms. The number of nitrogens with zero attached hydrogens (tertiary/aromatic N) is 3. The number of hydrogen-bond donors (Lipinski definition) is 1. The van der Waals surface area contributed by atoms with Crippen molar-refractivity contribution < 1.29 is 14.2 Å². The Morgan fingerprint density at radius 3 is 2.23 bits per heavy atom. The van der Waals surface area contributed by atoms with E-state index < -0.39 is 0 Å². The van der Waals surface area contributed by atoms with Crippen LogP contribution in [0.15, 0.2) is 12.1 Å². The van der Waals surface area contributed by atoms with Crippen molar-refractivity contribution in [2.45, 2.75) is 6.92 Å². The normalized spacial score (nSPS) is 10.5. The summed E-state index contributed by atoms with van der Waals surface area (Å²) in [4.78, 5) is 10.7. The van der Waals surface area contributed by atoms with Gasteiger partial charge in [-0.15, -0.1) is 11.3 Å². The number of aromatic nitrogens is 2. The minimum absolute atomic E-state index is 0.506. The van der Waals surface area contributed by atoms with E-state index in [2.05, 4.69) is 21.4 Å². The molecule has 1 N–H and O–H groups in total. The van der Waals surface area contributed by atoms with Crippen LogP contribution in [0.5, 0.6) is 17.2 Å². The Morgan fingerprint density at radius 2 is 1.73 bits per heavy atom. The van der Waals surface area contributed by atoms with E-state index in [1.54, 1.807) is 40.5 Å². The molecule has 0 radical (unpaired) electrons. The van der Waals surface area contributed by atoms with Crippen LogP contribution in [0.4, 0.5) is 5.82 Å². The SMILES string of the molecule is CNc1nc(-c2cc(OC)c(OC)c(OC)c2)nc2sc(C#N)c(C)c12. The van der Waals surface area contributed by atoms with E-state index >= 15 is 0 Å². The van der Waals surface area contributed by atoms with Crippen molar-refractivity contribution in [3.05, 3.63) is 22.6 Å². The van der Waals surface area contributed by atoms with Gasteiger partial charge in [-0.3, -0.25) is 0 Å². The molecule has 0 unspecified atom stereocenters. The van der Waals surface area contributed by atoms with Gasteiger partial charge in [-0.25, -0.2) is 9.97 Å². The van der Waals surface area contributed by atoms with Crippen LogP contribution >= 0.6 is 11.3 Å². The van der Waals surface area contributed by atoms with E-state index in [-0.39, 0.29) is 0 Å². The second-order valence-electron chi connectivity index (χ2n) is 5.41. The molecule has 3 rings (SSSR count). The largest absolute Gasteiger partial charge is 0.493 e. The van der Waals surface area contributed by atoms with Crippen molar-refractivity contribution in [3.8, 4) is 34.7 Å². The van der Waals surface area contributed by atoms with Crippen LogP contribution in [0.25, 0.3) is 21.6 Å². The fraction of sp³-hybridized carbons (Fsp3) is 0.278. The lowest BCUT2D eigenvalue weighted by Crippen LogP contribution is -2.00. The zero-order chi connectivity index (χ0) is 18.8. The third-order valence-electron chi connectivity index (χ3n) is 4.05. The van der Waals surface area contributed by atoms with Gasteiger partial charge in [0.15, 0.2) is 17.3 Å². The second kappa shape index (κ2) is 7.06. The molecule has 0 amide bonds. The topological polar surface area (TPSA) is 89.3 Å². The van der Waals surface area contributed by atoms with Crippen LogP contribution in [-0.2, 0) is 0 Å². The summed E-state index contributed by atoms with van der Waals surface area (Å²) in [6.07, 6.45) is 0. The highest BCUT2D eigenvalue weighted by molar-refractivity contribution is 7.19. The number of methoxy groups -OCH3 is 3. The van der Waals surface area contributed by atoms with Gasteiger partial charge in [0.25, 0.3) is 0 Å². The first-order chi connectivity index (χ1) is 12.6. The molecule has 3 aromatic rings. The fourth-order valence-corrected chi connectivity index (χ4v) is 3.74. The first-order valence-corrected chi connectivity index (χ1v) is 8.58. The number of nitrogens with one attached hydrogen (secondary N) is 1. The molecule has 2 aromatic heterocycles. The Morgan fingerprint density at radius 1 is 1.08 bits per heavy atom. The van der Waals surface area contributed by atoms with E-state index in [1.807, 2.05) is 6.92 Å². The number of anilines is 1. The number of aryl methyl sites for hydroxylation is 1. The molecule has 0 bridgehead atoms. The lowest BCUT2D eigenvalue weighted by Gasteiger charge is -2.14. The Kier molecular flexibility index (Phi) is 4.82. The van der Waals surface area contributed by atoms with E-state index in [9.17, 15) is 5.26 Å². The standard InChI is InChI=1S/C18H18N4O3S/c1-9-13(8-19)26-18-14(9)17(20-2)21-16(22-18)10-6-11(23-3)15(25-5)12(7-10)24-4/h6-7H,1-5H3,(H,20,21,22). The van der Waals surface area contributed by atoms with Crippen LogP contribution in [0.2, 0.25) is 0 Å². The van der Waals surface area contributed by atoms with Gasteiger partial charge >= 0.3 is 0 Å².